The molecule has 0 unspecified atom stereocenters. The number of nitrogens with zero attached hydrogens (tertiary/aromatic N) is 1. The molecule has 0 saturated heterocycles. The highest BCUT2D eigenvalue weighted by molar-refractivity contribution is 6.15. The first-order valence-corrected chi connectivity index (χ1v) is 9.95. The van der Waals surface area contributed by atoms with Crippen molar-refractivity contribution in [3.63, 3.8) is 0 Å². The summed E-state index contributed by atoms with van der Waals surface area (Å²) in [6.07, 6.45) is 2.94. The van der Waals surface area contributed by atoms with Gasteiger partial charge in [0.25, 0.3) is 5.91 Å². The Hall–Kier alpha value is -3.46. The fourth-order valence-electron chi connectivity index (χ4n) is 3.74. The van der Waals surface area contributed by atoms with E-state index >= 15 is 0 Å². The van der Waals surface area contributed by atoms with Crippen molar-refractivity contribution in [2.24, 2.45) is 0 Å². The van der Waals surface area contributed by atoms with Crippen molar-refractivity contribution in [3.8, 4) is 6.07 Å². The Labute approximate surface area is 175 Å². The molecule has 0 heterocycles. The number of amides is 1. The van der Waals surface area contributed by atoms with Crippen LogP contribution in [0.3, 0.4) is 0 Å². The molecule has 1 aliphatic carbocycles. The first-order valence-electron chi connectivity index (χ1n) is 9.95. The average Bonchev–Trinajstić information content (AvgIpc) is 3.22. The summed E-state index contributed by atoms with van der Waals surface area (Å²) in [5.41, 5.74) is 1.73. The third kappa shape index (κ3) is 4.57. The summed E-state index contributed by atoms with van der Waals surface area (Å²) in [5.74, 6) is -1.55. The van der Waals surface area contributed by atoms with Crippen molar-refractivity contribution in [1.29, 1.82) is 5.26 Å². The van der Waals surface area contributed by atoms with Gasteiger partial charge in [-0.05, 0) is 57.2 Å². The predicted octanol–water partition coefficient (Wildman–Crippen LogP) is 3.64. The molecule has 6 nitrogen and oxygen atoms in total. The molecule has 0 spiro atoms. The Kier molecular flexibility index (Phi) is 6.31. The molecular formula is C24H24N2O4. The zero-order chi connectivity index (χ0) is 21.7. The molecule has 0 radical (unpaired) electrons. The summed E-state index contributed by atoms with van der Waals surface area (Å²) in [6.45, 7) is 3.23. The Morgan fingerprint density at radius 2 is 1.70 bits per heavy atom. The van der Waals surface area contributed by atoms with E-state index in [4.69, 9.17) is 4.74 Å². The van der Waals surface area contributed by atoms with Crippen LogP contribution in [0.1, 0.15) is 63.1 Å². The molecule has 154 valence electrons. The van der Waals surface area contributed by atoms with E-state index in [-0.39, 0.29) is 16.9 Å². The minimum Gasteiger partial charge on any atom is -0.452 e. The monoisotopic (exact) mass is 404 g/mol. The van der Waals surface area contributed by atoms with Crippen LogP contribution in [0.2, 0.25) is 0 Å². The molecular weight excluding hydrogens is 380 g/mol. The van der Waals surface area contributed by atoms with Crippen LogP contribution in [0.5, 0.6) is 0 Å². The number of ketones is 1. The lowest BCUT2D eigenvalue weighted by atomic mass is 9.94. The minimum absolute atomic E-state index is 0.104. The Morgan fingerprint density at radius 3 is 2.37 bits per heavy atom. The predicted molar refractivity (Wildman–Crippen MR) is 111 cm³/mol. The molecule has 0 aromatic heterocycles. The number of carbonyl (C=O) groups excluding carboxylic acids is 3. The number of nitrogens with one attached hydrogen (secondary N) is 1. The number of carbonyl (C=O) groups is 3. The fraction of sp³-hybridized carbons (Fsp3) is 0.333. The molecule has 2 aromatic carbocycles. The second kappa shape index (κ2) is 8.91. The van der Waals surface area contributed by atoms with Gasteiger partial charge in [-0.2, -0.15) is 5.26 Å². The van der Waals surface area contributed by atoms with Crippen molar-refractivity contribution in [2.45, 2.75) is 45.1 Å². The molecule has 1 N–H and O–H groups in total. The van der Waals surface area contributed by atoms with E-state index in [1.165, 1.54) is 6.07 Å². The average molecular weight is 404 g/mol. The van der Waals surface area contributed by atoms with Crippen LogP contribution < -0.4 is 5.32 Å². The minimum atomic E-state index is -0.875. The Morgan fingerprint density at radius 1 is 1.03 bits per heavy atom. The van der Waals surface area contributed by atoms with E-state index in [0.29, 0.717) is 18.4 Å². The van der Waals surface area contributed by atoms with E-state index in [2.05, 4.69) is 11.4 Å². The number of hydrogen-bond acceptors (Lipinski definition) is 5. The van der Waals surface area contributed by atoms with Gasteiger partial charge >= 0.3 is 5.97 Å². The van der Waals surface area contributed by atoms with Gasteiger partial charge in [-0.3, -0.25) is 9.59 Å². The summed E-state index contributed by atoms with van der Waals surface area (Å²) in [5, 5.41) is 12.0. The topological polar surface area (TPSA) is 96.3 Å². The molecule has 1 saturated carbocycles. The summed E-state index contributed by atoms with van der Waals surface area (Å²) >= 11 is 0. The molecule has 1 aliphatic rings. The van der Waals surface area contributed by atoms with Crippen LogP contribution in [-0.2, 0) is 9.53 Å². The molecule has 0 bridgehead atoms. The third-order valence-electron chi connectivity index (χ3n) is 5.41. The van der Waals surface area contributed by atoms with Crippen LogP contribution in [0.4, 0.5) is 0 Å². The lowest BCUT2D eigenvalue weighted by Crippen LogP contribution is -2.46. The molecule has 6 heteroatoms. The van der Waals surface area contributed by atoms with Gasteiger partial charge in [0.2, 0.25) is 0 Å². The van der Waals surface area contributed by atoms with Crippen molar-refractivity contribution < 1.29 is 19.1 Å². The third-order valence-corrected chi connectivity index (χ3v) is 5.41. The van der Waals surface area contributed by atoms with Crippen molar-refractivity contribution in [2.75, 3.05) is 6.61 Å². The number of benzene rings is 2. The number of esters is 1. The first kappa shape index (κ1) is 21.3. The zero-order valence-corrected chi connectivity index (χ0v) is 17.2. The highest BCUT2D eigenvalue weighted by atomic mass is 16.5. The van der Waals surface area contributed by atoms with Gasteiger partial charge in [-0.1, -0.05) is 35.9 Å². The molecule has 1 amide bonds. The van der Waals surface area contributed by atoms with Crippen molar-refractivity contribution >= 4 is 17.7 Å². The van der Waals surface area contributed by atoms with Gasteiger partial charge < -0.3 is 10.1 Å². The second-order valence-corrected chi connectivity index (χ2v) is 7.72. The standard InChI is InChI=1S/C24H24N2O4/c1-16-9-10-17(2)20(13-16)22(28)18-7-3-4-8-19(18)23(29)30-14-21(27)26-24(15-25)11-5-6-12-24/h3-4,7-10,13H,5-6,11-12,14H2,1-2H3,(H,26,27). The van der Waals surface area contributed by atoms with Crippen molar-refractivity contribution in [3.05, 3.63) is 70.3 Å². The van der Waals surface area contributed by atoms with Gasteiger partial charge in [0.05, 0.1) is 11.6 Å². The molecule has 0 aliphatic heterocycles. The smallest absolute Gasteiger partial charge is 0.339 e. The second-order valence-electron chi connectivity index (χ2n) is 7.72. The van der Waals surface area contributed by atoms with Gasteiger partial charge in [0.15, 0.2) is 12.4 Å². The quantitative estimate of drug-likeness (QED) is 0.586. The first-order chi connectivity index (χ1) is 14.3. The van der Waals surface area contributed by atoms with Gasteiger partial charge in [0.1, 0.15) is 5.54 Å². The maximum Gasteiger partial charge on any atom is 0.339 e. The number of aryl methyl sites for hydroxylation is 2. The fourth-order valence-corrected chi connectivity index (χ4v) is 3.74. The van der Waals surface area contributed by atoms with Gasteiger partial charge in [0, 0.05) is 11.1 Å². The lowest BCUT2D eigenvalue weighted by molar-refractivity contribution is -0.125. The molecule has 3 rings (SSSR count). The molecule has 2 aromatic rings. The number of hydrogen-bond donors (Lipinski definition) is 1. The van der Waals surface area contributed by atoms with E-state index in [1.807, 2.05) is 26.0 Å². The lowest BCUT2D eigenvalue weighted by Gasteiger charge is -2.21. The SMILES string of the molecule is Cc1ccc(C)c(C(=O)c2ccccc2C(=O)OCC(=O)NC2(C#N)CCCC2)c1. The van der Waals surface area contributed by atoms with Gasteiger partial charge in [-0.25, -0.2) is 4.79 Å². The maximum absolute atomic E-state index is 13.1. The van der Waals surface area contributed by atoms with Gasteiger partial charge in [-0.15, -0.1) is 0 Å². The summed E-state index contributed by atoms with van der Waals surface area (Å²) in [7, 11) is 0. The van der Waals surface area contributed by atoms with Crippen LogP contribution in [0, 0.1) is 25.2 Å². The maximum atomic E-state index is 13.1. The van der Waals surface area contributed by atoms with Crippen LogP contribution >= 0.6 is 0 Å². The normalized spacial score (nSPS) is 14.6. The Balaban J connectivity index is 1.73. The zero-order valence-electron chi connectivity index (χ0n) is 17.2. The summed E-state index contributed by atoms with van der Waals surface area (Å²) in [4.78, 5) is 37.9. The largest absolute Gasteiger partial charge is 0.452 e. The molecule has 0 atom stereocenters. The van der Waals surface area contributed by atoms with E-state index in [0.717, 1.165) is 24.0 Å². The van der Waals surface area contributed by atoms with E-state index < -0.39 is 24.0 Å². The number of nitriles is 1. The van der Waals surface area contributed by atoms with E-state index in [9.17, 15) is 19.6 Å². The number of rotatable bonds is 6. The number of ether oxygens (including phenoxy) is 1. The van der Waals surface area contributed by atoms with Crippen LogP contribution in [0.25, 0.3) is 0 Å². The van der Waals surface area contributed by atoms with E-state index in [1.54, 1.807) is 24.3 Å². The molecule has 1 fully saturated rings. The van der Waals surface area contributed by atoms with Crippen LogP contribution in [0.15, 0.2) is 42.5 Å². The van der Waals surface area contributed by atoms with Crippen LogP contribution in [-0.4, -0.2) is 29.8 Å². The summed E-state index contributed by atoms with van der Waals surface area (Å²) in [6, 6.07) is 14.1. The highest BCUT2D eigenvalue weighted by Gasteiger charge is 2.35. The highest BCUT2D eigenvalue weighted by Crippen LogP contribution is 2.28. The molecule has 30 heavy (non-hydrogen) atoms. The summed E-state index contributed by atoms with van der Waals surface area (Å²) < 4.78 is 5.16. The Bertz CT molecular complexity index is 1030. The van der Waals surface area contributed by atoms with Crippen molar-refractivity contribution in [1.82, 2.24) is 5.32 Å².